The molecule has 1 aromatic heterocycles. The Bertz CT molecular complexity index is 545. The smallest absolute Gasteiger partial charge is 0.407 e. The first-order chi connectivity index (χ1) is 9.16. The maximum Gasteiger partial charge on any atom is 0.407 e. The lowest BCUT2D eigenvalue weighted by Crippen LogP contribution is -2.27. The Hall–Kier alpha value is -1.97. The molecule has 2 rings (SSSR count). The Morgan fingerprint density at radius 2 is 2.16 bits per heavy atom. The highest BCUT2D eigenvalue weighted by atomic mass is 16.5. The van der Waals surface area contributed by atoms with E-state index in [0.717, 1.165) is 23.0 Å². The standard InChI is InChI=1S/C15H19NO3/c1-11(2)9-19-15(17)16-8-7-12-10-18-14-6-4-3-5-13(12)14/h3-6,10-11H,7-9H2,1-2H3,(H,16,17). The van der Waals surface area contributed by atoms with Crippen LogP contribution >= 0.6 is 0 Å². The summed E-state index contributed by atoms with van der Waals surface area (Å²) in [6.45, 7) is 5.00. The van der Waals surface area contributed by atoms with Crippen LogP contribution in [0.15, 0.2) is 34.9 Å². The van der Waals surface area contributed by atoms with Crippen LogP contribution in [-0.4, -0.2) is 19.2 Å². The van der Waals surface area contributed by atoms with Gasteiger partial charge >= 0.3 is 6.09 Å². The molecule has 1 amide bonds. The molecular weight excluding hydrogens is 242 g/mol. The Balaban J connectivity index is 1.81. The van der Waals surface area contributed by atoms with Crippen LogP contribution in [0.2, 0.25) is 0 Å². The molecule has 0 spiro atoms. The number of para-hydroxylation sites is 1. The van der Waals surface area contributed by atoms with Gasteiger partial charge in [0, 0.05) is 11.9 Å². The third-order valence-corrected chi connectivity index (χ3v) is 2.77. The molecule has 0 aliphatic heterocycles. The lowest BCUT2D eigenvalue weighted by atomic mass is 10.1. The van der Waals surface area contributed by atoms with Crippen LogP contribution in [0.4, 0.5) is 4.79 Å². The average molecular weight is 261 g/mol. The molecule has 0 bridgehead atoms. The first-order valence-electron chi connectivity index (χ1n) is 6.52. The maximum absolute atomic E-state index is 11.4. The number of alkyl carbamates (subject to hydrolysis) is 1. The van der Waals surface area contributed by atoms with Crippen molar-refractivity contribution in [3.05, 3.63) is 36.1 Å². The summed E-state index contributed by atoms with van der Waals surface area (Å²) in [5, 5.41) is 3.84. The highest BCUT2D eigenvalue weighted by molar-refractivity contribution is 5.80. The molecule has 4 nitrogen and oxygen atoms in total. The zero-order valence-electron chi connectivity index (χ0n) is 11.3. The maximum atomic E-state index is 11.4. The van der Waals surface area contributed by atoms with Crippen LogP contribution in [0.25, 0.3) is 11.0 Å². The van der Waals surface area contributed by atoms with E-state index < -0.39 is 0 Å². The molecule has 0 aliphatic carbocycles. The number of fused-ring (bicyclic) bond motifs is 1. The van der Waals surface area contributed by atoms with E-state index in [2.05, 4.69) is 5.32 Å². The van der Waals surface area contributed by atoms with E-state index >= 15 is 0 Å². The number of carbonyl (C=O) groups is 1. The fourth-order valence-corrected chi connectivity index (χ4v) is 1.82. The fraction of sp³-hybridized carbons (Fsp3) is 0.400. The number of ether oxygens (including phenoxy) is 1. The zero-order valence-corrected chi connectivity index (χ0v) is 11.3. The highest BCUT2D eigenvalue weighted by Crippen LogP contribution is 2.20. The molecule has 19 heavy (non-hydrogen) atoms. The van der Waals surface area contributed by atoms with Gasteiger partial charge in [-0.05, 0) is 24.0 Å². The molecule has 0 atom stereocenters. The molecule has 4 heteroatoms. The van der Waals surface area contributed by atoms with Crippen LogP contribution in [0.3, 0.4) is 0 Å². The van der Waals surface area contributed by atoms with Crippen LogP contribution < -0.4 is 5.32 Å². The van der Waals surface area contributed by atoms with Crippen LogP contribution in [0, 0.1) is 5.92 Å². The molecule has 0 radical (unpaired) electrons. The second-order valence-electron chi connectivity index (χ2n) is 4.93. The minimum absolute atomic E-state index is 0.351. The predicted molar refractivity (Wildman–Crippen MR) is 74.1 cm³/mol. The predicted octanol–water partition coefficient (Wildman–Crippen LogP) is 3.36. The van der Waals surface area contributed by atoms with Gasteiger partial charge in [-0.25, -0.2) is 4.79 Å². The number of hydrogen-bond donors (Lipinski definition) is 1. The third kappa shape index (κ3) is 3.74. The summed E-state index contributed by atoms with van der Waals surface area (Å²) in [6, 6.07) is 7.87. The van der Waals surface area contributed by atoms with E-state index in [1.807, 2.05) is 38.1 Å². The van der Waals surface area contributed by atoms with Gasteiger partial charge in [0.1, 0.15) is 5.58 Å². The number of hydrogen-bond acceptors (Lipinski definition) is 3. The van der Waals surface area contributed by atoms with Crippen LogP contribution in [-0.2, 0) is 11.2 Å². The molecule has 0 saturated heterocycles. The lowest BCUT2D eigenvalue weighted by molar-refractivity contribution is 0.133. The van der Waals surface area contributed by atoms with E-state index in [1.165, 1.54) is 0 Å². The van der Waals surface area contributed by atoms with Crippen molar-refractivity contribution in [3.63, 3.8) is 0 Å². The van der Waals surface area contributed by atoms with Crippen molar-refractivity contribution in [1.82, 2.24) is 5.32 Å². The monoisotopic (exact) mass is 261 g/mol. The summed E-state index contributed by atoms with van der Waals surface area (Å²) in [7, 11) is 0. The topological polar surface area (TPSA) is 51.5 Å². The Morgan fingerprint density at radius 1 is 1.37 bits per heavy atom. The number of amides is 1. The lowest BCUT2D eigenvalue weighted by Gasteiger charge is -2.08. The SMILES string of the molecule is CC(C)COC(=O)NCCc1coc2ccccc12. The van der Waals surface area contributed by atoms with Gasteiger partial charge in [-0.1, -0.05) is 32.0 Å². The second kappa shape index (κ2) is 6.27. The van der Waals surface area contributed by atoms with Crippen LogP contribution in [0.1, 0.15) is 19.4 Å². The van der Waals surface area contributed by atoms with Crippen molar-refractivity contribution in [2.24, 2.45) is 5.92 Å². The van der Waals surface area contributed by atoms with Crippen molar-refractivity contribution < 1.29 is 13.9 Å². The van der Waals surface area contributed by atoms with Gasteiger partial charge in [0.05, 0.1) is 12.9 Å². The molecule has 1 heterocycles. The van der Waals surface area contributed by atoms with Crippen molar-refractivity contribution in [2.75, 3.05) is 13.2 Å². The molecule has 2 aromatic rings. The number of nitrogens with one attached hydrogen (secondary N) is 1. The minimum atomic E-state index is -0.360. The summed E-state index contributed by atoms with van der Waals surface area (Å²) in [5.74, 6) is 0.351. The quantitative estimate of drug-likeness (QED) is 0.897. The molecule has 1 N–H and O–H groups in total. The van der Waals surface area contributed by atoms with Gasteiger partial charge < -0.3 is 14.5 Å². The summed E-state index contributed by atoms with van der Waals surface area (Å²) >= 11 is 0. The molecule has 0 aliphatic rings. The van der Waals surface area contributed by atoms with Gasteiger partial charge in [0.25, 0.3) is 0 Å². The molecule has 0 saturated carbocycles. The summed E-state index contributed by atoms with van der Waals surface area (Å²) in [5.41, 5.74) is 1.97. The van der Waals surface area contributed by atoms with E-state index in [0.29, 0.717) is 19.1 Å². The highest BCUT2D eigenvalue weighted by Gasteiger charge is 2.06. The van der Waals surface area contributed by atoms with Gasteiger partial charge in [-0.3, -0.25) is 0 Å². The van der Waals surface area contributed by atoms with Gasteiger partial charge in [0.2, 0.25) is 0 Å². The summed E-state index contributed by atoms with van der Waals surface area (Å²) < 4.78 is 10.5. The van der Waals surface area contributed by atoms with Crippen molar-refractivity contribution in [2.45, 2.75) is 20.3 Å². The number of furan rings is 1. The third-order valence-electron chi connectivity index (χ3n) is 2.77. The normalized spacial score (nSPS) is 10.9. The first kappa shape index (κ1) is 13.5. The Labute approximate surface area is 112 Å². The van der Waals surface area contributed by atoms with Gasteiger partial charge in [0.15, 0.2) is 0 Å². The molecular formula is C15H19NO3. The number of benzene rings is 1. The Kier molecular flexibility index (Phi) is 4.44. The molecule has 102 valence electrons. The van der Waals surface area contributed by atoms with Crippen LogP contribution in [0.5, 0.6) is 0 Å². The Morgan fingerprint density at radius 3 is 2.95 bits per heavy atom. The van der Waals surface area contributed by atoms with E-state index in [-0.39, 0.29) is 6.09 Å². The zero-order chi connectivity index (χ0) is 13.7. The van der Waals surface area contributed by atoms with Crippen molar-refractivity contribution in [3.8, 4) is 0 Å². The summed E-state index contributed by atoms with van der Waals surface area (Å²) in [6.07, 6.45) is 2.11. The molecule has 0 fully saturated rings. The van der Waals surface area contributed by atoms with E-state index in [4.69, 9.17) is 9.15 Å². The van der Waals surface area contributed by atoms with Gasteiger partial charge in [-0.2, -0.15) is 0 Å². The van der Waals surface area contributed by atoms with Crippen molar-refractivity contribution in [1.29, 1.82) is 0 Å². The first-order valence-corrected chi connectivity index (χ1v) is 6.52. The number of rotatable bonds is 5. The molecule has 1 aromatic carbocycles. The fourth-order valence-electron chi connectivity index (χ4n) is 1.82. The second-order valence-corrected chi connectivity index (χ2v) is 4.93. The van der Waals surface area contributed by atoms with Gasteiger partial charge in [-0.15, -0.1) is 0 Å². The van der Waals surface area contributed by atoms with E-state index in [1.54, 1.807) is 6.26 Å². The average Bonchev–Trinajstić information content (AvgIpc) is 2.80. The molecule has 0 unspecified atom stereocenters. The summed E-state index contributed by atoms with van der Waals surface area (Å²) in [4.78, 5) is 11.4. The van der Waals surface area contributed by atoms with E-state index in [9.17, 15) is 4.79 Å². The number of carbonyl (C=O) groups excluding carboxylic acids is 1. The minimum Gasteiger partial charge on any atom is -0.464 e. The van der Waals surface area contributed by atoms with Crippen molar-refractivity contribution >= 4 is 17.1 Å². The largest absolute Gasteiger partial charge is 0.464 e.